The molecule has 0 spiro atoms. The fourth-order valence-corrected chi connectivity index (χ4v) is 2.48. The number of anilines is 1. The third-order valence-electron chi connectivity index (χ3n) is 2.72. The second kappa shape index (κ2) is 5.27. The summed E-state index contributed by atoms with van der Waals surface area (Å²) in [5.41, 5.74) is 1.30. The van der Waals surface area contributed by atoms with E-state index in [0.717, 1.165) is 35.9 Å². The number of benzene rings is 1. The Balaban J connectivity index is 1.70. The molecule has 0 aliphatic carbocycles. The summed E-state index contributed by atoms with van der Waals surface area (Å²) in [5, 5.41) is 0. The number of nitrogens with one attached hydrogen (secondary N) is 1. The molecule has 2 heterocycles. The molecule has 1 N–H and O–H groups in total. The van der Waals surface area contributed by atoms with Crippen molar-refractivity contribution in [1.29, 1.82) is 0 Å². The monoisotopic (exact) mass is 259 g/mol. The average Bonchev–Trinajstić information content (AvgIpc) is 2.46. The fraction of sp³-hybridized carbons (Fsp3) is 0.231. The molecule has 1 aliphatic heterocycles. The molecule has 0 bridgehead atoms. The molecule has 5 heteroatoms. The highest BCUT2D eigenvalue weighted by atomic mass is 32.2. The number of fused-ring (bicyclic) bond motifs is 1. The highest BCUT2D eigenvalue weighted by Crippen LogP contribution is 2.30. The topological polar surface area (TPSA) is 47.0 Å². The van der Waals surface area contributed by atoms with Gasteiger partial charge in [-0.2, -0.15) is 0 Å². The Morgan fingerprint density at radius 2 is 2.28 bits per heavy atom. The van der Waals surface area contributed by atoms with E-state index in [2.05, 4.69) is 32.9 Å². The predicted molar refractivity (Wildman–Crippen MR) is 71.8 cm³/mol. The van der Waals surface area contributed by atoms with Gasteiger partial charge in [0, 0.05) is 17.3 Å². The predicted octanol–water partition coefficient (Wildman–Crippen LogP) is 2.92. The summed E-state index contributed by atoms with van der Waals surface area (Å²) in [4.78, 5) is 9.27. The van der Waals surface area contributed by atoms with Crippen molar-refractivity contribution in [3.63, 3.8) is 0 Å². The number of aryl methyl sites for hydroxylation is 1. The van der Waals surface area contributed by atoms with Crippen LogP contribution in [-0.2, 0) is 6.42 Å². The van der Waals surface area contributed by atoms with E-state index in [-0.39, 0.29) is 0 Å². The van der Waals surface area contributed by atoms with Crippen molar-refractivity contribution in [2.24, 2.45) is 0 Å². The van der Waals surface area contributed by atoms with Gasteiger partial charge in [-0.3, -0.25) is 4.98 Å². The van der Waals surface area contributed by atoms with Crippen LogP contribution in [0.4, 0.5) is 5.82 Å². The zero-order valence-corrected chi connectivity index (χ0v) is 10.6. The molecule has 0 saturated carbocycles. The standard InChI is InChI=1S/C13H13N3OS/c1-2-10-3-4-11(8-12(10)17-7-1)18-16-13-9-14-5-6-15-13/h3-6,8-9H,1-2,7H2,(H,15,16). The van der Waals surface area contributed by atoms with E-state index in [9.17, 15) is 0 Å². The Bertz CT molecular complexity index is 533. The van der Waals surface area contributed by atoms with Crippen LogP contribution < -0.4 is 9.46 Å². The van der Waals surface area contributed by atoms with E-state index in [0.29, 0.717) is 0 Å². The van der Waals surface area contributed by atoms with Gasteiger partial charge in [0.05, 0.1) is 12.8 Å². The van der Waals surface area contributed by atoms with Gasteiger partial charge in [-0.15, -0.1) is 0 Å². The summed E-state index contributed by atoms with van der Waals surface area (Å²) in [6.07, 6.45) is 7.23. The molecule has 1 aromatic carbocycles. The smallest absolute Gasteiger partial charge is 0.154 e. The van der Waals surface area contributed by atoms with Gasteiger partial charge in [0.25, 0.3) is 0 Å². The molecule has 2 aromatic rings. The summed E-state index contributed by atoms with van der Waals surface area (Å²) in [6.45, 7) is 0.818. The summed E-state index contributed by atoms with van der Waals surface area (Å²) >= 11 is 1.51. The van der Waals surface area contributed by atoms with E-state index in [1.165, 1.54) is 17.5 Å². The van der Waals surface area contributed by atoms with Gasteiger partial charge in [0.1, 0.15) is 5.75 Å². The maximum Gasteiger partial charge on any atom is 0.154 e. The molecule has 0 atom stereocenters. The zero-order valence-electron chi connectivity index (χ0n) is 9.80. The van der Waals surface area contributed by atoms with Crippen molar-refractivity contribution in [3.05, 3.63) is 42.4 Å². The van der Waals surface area contributed by atoms with Crippen LogP contribution in [0, 0.1) is 0 Å². The lowest BCUT2D eigenvalue weighted by atomic mass is 10.1. The Labute approximate surface area is 110 Å². The maximum atomic E-state index is 5.65. The minimum absolute atomic E-state index is 0.751. The van der Waals surface area contributed by atoms with Gasteiger partial charge < -0.3 is 9.46 Å². The molecule has 92 valence electrons. The van der Waals surface area contributed by atoms with Gasteiger partial charge in [-0.1, -0.05) is 6.07 Å². The number of hydrogen-bond acceptors (Lipinski definition) is 5. The Morgan fingerprint density at radius 1 is 1.28 bits per heavy atom. The van der Waals surface area contributed by atoms with Crippen LogP contribution in [-0.4, -0.2) is 16.6 Å². The highest BCUT2D eigenvalue weighted by Gasteiger charge is 2.10. The summed E-state index contributed by atoms with van der Waals surface area (Å²) < 4.78 is 8.80. The third kappa shape index (κ3) is 2.56. The molecule has 0 saturated heterocycles. The van der Waals surface area contributed by atoms with Gasteiger partial charge >= 0.3 is 0 Å². The molecule has 0 fully saturated rings. The van der Waals surface area contributed by atoms with E-state index in [1.807, 2.05) is 0 Å². The molecule has 18 heavy (non-hydrogen) atoms. The Hall–Kier alpha value is -1.75. The van der Waals surface area contributed by atoms with Gasteiger partial charge in [-0.05, 0) is 42.5 Å². The van der Waals surface area contributed by atoms with Crippen LogP contribution in [0.1, 0.15) is 12.0 Å². The average molecular weight is 259 g/mol. The van der Waals surface area contributed by atoms with Crippen molar-refractivity contribution < 1.29 is 4.74 Å². The van der Waals surface area contributed by atoms with Gasteiger partial charge in [-0.25, -0.2) is 4.98 Å². The first-order valence-electron chi connectivity index (χ1n) is 5.86. The third-order valence-corrected chi connectivity index (χ3v) is 3.52. The Kier molecular flexibility index (Phi) is 3.32. The summed E-state index contributed by atoms with van der Waals surface area (Å²) in [5.74, 6) is 1.76. The van der Waals surface area contributed by atoms with E-state index >= 15 is 0 Å². The lowest BCUT2D eigenvalue weighted by molar-refractivity contribution is 0.287. The molecule has 4 nitrogen and oxygen atoms in total. The zero-order chi connectivity index (χ0) is 12.2. The SMILES string of the molecule is c1cnc(NSc2ccc3c(c2)OCCC3)cn1. The first kappa shape index (κ1) is 11.3. The van der Waals surface area contributed by atoms with Crippen LogP contribution >= 0.6 is 11.9 Å². The molecule has 1 aliphatic rings. The quantitative estimate of drug-likeness (QED) is 0.859. The van der Waals surface area contributed by atoms with Crippen molar-refractivity contribution in [2.75, 3.05) is 11.3 Å². The molecular formula is C13H13N3OS. The normalized spacial score (nSPS) is 13.6. The van der Waals surface area contributed by atoms with Crippen LogP contribution in [0.3, 0.4) is 0 Å². The number of nitrogens with zero attached hydrogens (tertiary/aromatic N) is 2. The molecule has 0 radical (unpaired) electrons. The molecule has 1 aromatic heterocycles. The van der Waals surface area contributed by atoms with Crippen molar-refractivity contribution >= 4 is 17.8 Å². The number of aromatic nitrogens is 2. The van der Waals surface area contributed by atoms with Crippen LogP contribution in [0.15, 0.2) is 41.7 Å². The second-order valence-corrected chi connectivity index (χ2v) is 4.90. The highest BCUT2D eigenvalue weighted by molar-refractivity contribution is 8.00. The van der Waals surface area contributed by atoms with E-state index < -0.39 is 0 Å². The van der Waals surface area contributed by atoms with E-state index in [4.69, 9.17) is 4.74 Å². The van der Waals surface area contributed by atoms with Crippen molar-refractivity contribution in [3.8, 4) is 5.75 Å². The number of hydrogen-bond donors (Lipinski definition) is 1. The molecular weight excluding hydrogens is 246 g/mol. The van der Waals surface area contributed by atoms with Crippen LogP contribution in [0.5, 0.6) is 5.75 Å². The summed E-state index contributed by atoms with van der Waals surface area (Å²) in [7, 11) is 0. The fourth-order valence-electron chi connectivity index (χ4n) is 1.85. The second-order valence-electron chi connectivity index (χ2n) is 4.02. The van der Waals surface area contributed by atoms with Crippen molar-refractivity contribution in [2.45, 2.75) is 17.7 Å². The van der Waals surface area contributed by atoms with Gasteiger partial charge in [0.15, 0.2) is 5.82 Å². The number of rotatable bonds is 3. The molecule has 0 unspecified atom stereocenters. The van der Waals surface area contributed by atoms with E-state index in [1.54, 1.807) is 18.6 Å². The van der Waals surface area contributed by atoms with Crippen LogP contribution in [0.2, 0.25) is 0 Å². The first-order valence-corrected chi connectivity index (χ1v) is 6.68. The lowest BCUT2D eigenvalue weighted by Crippen LogP contribution is -2.08. The van der Waals surface area contributed by atoms with Gasteiger partial charge in [0.2, 0.25) is 0 Å². The first-order chi connectivity index (χ1) is 8.92. The molecule has 0 amide bonds. The maximum absolute atomic E-state index is 5.65. The summed E-state index contributed by atoms with van der Waals surface area (Å²) in [6, 6.07) is 6.30. The molecule has 3 rings (SSSR count). The van der Waals surface area contributed by atoms with Crippen LogP contribution in [0.25, 0.3) is 0 Å². The number of ether oxygens (including phenoxy) is 1. The van der Waals surface area contributed by atoms with Crippen molar-refractivity contribution in [1.82, 2.24) is 9.97 Å². The lowest BCUT2D eigenvalue weighted by Gasteiger charge is -2.17. The minimum atomic E-state index is 0.751. The minimum Gasteiger partial charge on any atom is -0.493 e. The Morgan fingerprint density at radius 3 is 3.17 bits per heavy atom. The largest absolute Gasteiger partial charge is 0.493 e.